The number of nitrogens with zero attached hydrogens (tertiary/aromatic N) is 2. The van der Waals surface area contributed by atoms with Gasteiger partial charge in [0.2, 0.25) is 5.89 Å². The van der Waals surface area contributed by atoms with Crippen LogP contribution in [0.15, 0.2) is 22.7 Å². The Balaban J connectivity index is 2.03. The van der Waals surface area contributed by atoms with Gasteiger partial charge >= 0.3 is 12.0 Å². The molecule has 0 bridgehead atoms. The predicted octanol–water partition coefficient (Wildman–Crippen LogP) is 1.54. The van der Waals surface area contributed by atoms with Crippen LogP contribution in [0.5, 0.6) is 0 Å². The summed E-state index contributed by atoms with van der Waals surface area (Å²) in [6, 6.07) is 2.85. The standard InChI is InChI=1S/C12H11FN4O4/c1-6-15-9(17-21-6)5-14-12(20)16-8-4-2-3-7(13)10(8)11(18)19/h2-4H,5H2,1H3,(H,18,19)(H2,14,16,20). The fraction of sp³-hybridized carbons (Fsp3) is 0.167. The Morgan fingerprint density at radius 3 is 2.81 bits per heavy atom. The number of aromatic nitrogens is 2. The van der Waals surface area contributed by atoms with Gasteiger partial charge in [-0.1, -0.05) is 11.2 Å². The van der Waals surface area contributed by atoms with Crippen LogP contribution in [0, 0.1) is 12.7 Å². The Morgan fingerprint density at radius 1 is 1.43 bits per heavy atom. The molecule has 0 fully saturated rings. The van der Waals surface area contributed by atoms with E-state index in [1.54, 1.807) is 6.92 Å². The summed E-state index contributed by atoms with van der Waals surface area (Å²) in [5.74, 6) is -1.79. The lowest BCUT2D eigenvalue weighted by Gasteiger charge is -2.09. The molecule has 0 aliphatic rings. The maximum absolute atomic E-state index is 13.4. The minimum absolute atomic E-state index is 0.0130. The van der Waals surface area contributed by atoms with Crippen LogP contribution in [0.2, 0.25) is 0 Å². The van der Waals surface area contributed by atoms with Crippen molar-refractivity contribution in [1.82, 2.24) is 15.5 Å². The van der Waals surface area contributed by atoms with E-state index in [4.69, 9.17) is 9.63 Å². The predicted molar refractivity (Wildman–Crippen MR) is 68.3 cm³/mol. The first-order valence-electron chi connectivity index (χ1n) is 5.83. The molecule has 0 saturated carbocycles. The lowest BCUT2D eigenvalue weighted by atomic mass is 10.1. The summed E-state index contributed by atoms with van der Waals surface area (Å²) in [7, 11) is 0. The van der Waals surface area contributed by atoms with Crippen LogP contribution in [0.25, 0.3) is 0 Å². The first-order valence-corrected chi connectivity index (χ1v) is 5.83. The number of aryl methyl sites for hydroxylation is 1. The molecule has 0 atom stereocenters. The summed E-state index contributed by atoms with van der Waals surface area (Å²) >= 11 is 0. The molecule has 3 N–H and O–H groups in total. The zero-order chi connectivity index (χ0) is 15.4. The van der Waals surface area contributed by atoms with Gasteiger partial charge < -0.3 is 20.3 Å². The number of amides is 2. The molecule has 2 rings (SSSR count). The molecule has 0 aliphatic heterocycles. The van der Waals surface area contributed by atoms with Crippen molar-refractivity contribution in [2.24, 2.45) is 0 Å². The first kappa shape index (κ1) is 14.4. The molecular formula is C12H11FN4O4. The number of benzene rings is 1. The second kappa shape index (κ2) is 5.99. The SMILES string of the molecule is Cc1nc(CNC(=O)Nc2cccc(F)c2C(=O)O)no1. The molecule has 1 aromatic carbocycles. The van der Waals surface area contributed by atoms with Crippen molar-refractivity contribution in [3.05, 3.63) is 41.3 Å². The van der Waals surface area contributed by atoms with Crippen LogP contribution in [0.4, 0.5) is 14.9 Å². The largest absolute Gasteiger partial charge is 0.478 e. The van der Waals surface area contributed by atoms with Gasteiger partial charge in [-0.15, -0.1) is 0 Å². The molecule has 0 unspecified atom stereocenters. The summed E-state index contributed by atoms with van der Waals surface area (Å²) in [5, 5.41) is 17.1. The van der Waals surface area contributed by atoms with Crippen LogP contribution < -0.4 is 10.6 Å². The van der Waals surface area contributed by atoms with Crippen molar-refractivity contribution in [2.45, 2.75) is 13.5 Å². The smallest absolute Gasteiger partial charge is 0.340 e. The van der Waals surface area contributed by atoms with E-state index in [0.29, 0.717) is 5.89 Å². The highest BCUT2D eigenvalue weighted by molar-refractivity contribution is 6.00. The number of nitrogens with one attached hydrogen (secondary N) is 2. The maximum Gasteiger partial charge on any atom is 0.340 e. The summed E-state index contributed by atoms with van der Waals surface area (Å²) in [6.07, 6.45) is 0. The van der Waals surface area contributed by atoms with Gasteiger partial charge in [0.05, 0.1) is 12.2 Å². The first-order chi connectivity index (χ1) is 9.97. The fourth-order valence-corrected chi connectivity index (χ4v) is 1.58. The van der Waals surface area contributed by atoms with E-state index < -0.39 is 23.4 Å². The second-order valence-corrected chi connectivity index (χ2v) is 4.00. The van der Waals surface area contributed by atoms with Gasteiger partial charge in [0, 0.05) is 6.92 Å². The number of hydrogen-bond acceptors (Lipinski definition) is 5. The molecule has 2 amide bonds. The van der Waals surface area contributed by atoms with E-state index in [-0.39, 0.29) is 18.1 Å². The van der Waals surface area contributed by atoms with E-state index in [9.17, 15) is 14.0 Å². The third-order valence-corrected chi connectivity index (χ3v) is 2.45. The lowest BCUT2D eigenvalue weighted by Crippen LogP contribution is -2.29. The molecule has 21 heavy (non-hydrogen) atoms. The van der Waals surface area contributed by atoms with E-state index in [0.717, 1.165) is 6.07 Å². The van der Waals surface area contributed by atoms with Crippen molar-refractivity contribution in [3.8, 4) is 0 Å². The Hall–Kier alpha value is -2.97. The van der Waals surface area contributed by atoms with Crippen LogP contribution >= 0.6 is 0 Å². The molecule has 110 valence electrons. The zero-order valence-corrected chi connectivity index (χ0v) is 10.9. The molecule has 0 radical (unpaired) electrons. The molecule has 1 aromatic heterocycles. The summed E-state index contributed by atoms with van der Waals surface area (Å²) < 4.78 is 18.1. The molecule has 1 heterocycles. The number of carboxylic acids is 1. The van der Waals surface area contributed by atoms with Crippen molar-refractivity contribution in [3.63, 3.8) is 0 Å². The molecule has 0 aliphatic carbocycles. The summed E-state index contributed by atoms with van der Waals surface area (Å²) in [6.45, 7) is 1.59. The van der Waals surface area contributed by atoms with E-state index in [2.05, 4.69) is 20.8 Å². The maximum atomic E-state index is 13.4. The molecule has 0 spiro atoms. The molecule has 0 saturated heterocycles. The number of rotatable bonds is 4. The number of carbonyl (C=O) groups is 2. The normalized spacial score (nSPS) is 10.2. The van der Waals surface area contributed by atoms with Gasteiger partial charge in [0.25, 0.3) is 0 Å². The highest BCUT2D eigenvalue weighted by Gasteiger charge is 2.17. The molecular weight excluding hydrogens is 283 g/mol. The number of anilines is 1. The van der Waals surface area contributed by atoms with Crippen molar-refractivity contribution in [1.29, 1.82) is 0 Å². The van der Waals surface area contributed by atoms with Gasteiger partial charge in [-0.25, -0.2) is 14.0 Å². The van der Waals surface area contributed by atoms with Crippen molar-refractivity contribution in [2.75, 3.05) is 5.32 Å². The quantitative estimate of drug-likeness (QED) is 0.787. The average Bonchev–Trinajstić information content (AvgIpc) is 2.82. The summed E-state index contributed by atoms with van der Waals surface area (Å²) in [4.78, 5) is 26.5. The number of urea groups is 1. The molecule has 2 aromatic rings. The lowest BCUT2D eigenvalue weighted by molar-refractivity contribution is 0.0693. The number of aromatic carboxylic acids is 1. The minimum atomic E-state index is -1.47. The Bertz CT molecular complexity index is 686. The van der Waals surface area contributed by atoms with Gasteiger partial charge in [-0.05, 0) is 12.1 Å². The van der Waals surface area contributed by atoms with E-state index in [1.807, 2.05) is 0 Å². The Kier molecular flexibility index (Phi) is 4.12. The molecule has 9 heteroatoms. The Morgan fingerprint density at radius 2 is 2.19 bits per heavy atom. The fourth-order valence-electron chi connectivity index (χ4n) is 1.58. The number of hydrogen-bond donors (Lipinski definition) is 3. The second-order valence-electron chi connectivity index (χ2n) is 4.00. The van der Waals surface area contributed by atoms with Gasteiger partial charge in [0.1, 0.15) is 11.4 Å². The van der Waals surface area contributed by atoms with Crippen molar-refractivity contribution >= 4 is 17.7 Å². The zero-order valence-electron chi connectivity index (χ0n) is 10.9. The highest BCUT2D eigenvalue weighted by atomic mass is 19.1. The number of carbonyl (C=O) groups excluding carboxylic acids is 1. The molecule has 8 nitrogen and oxygen atoms in total. The van der Waals surface area contributed by atoms with E-state index >= 15 is 0 Å². The average molecular weight is 294 g/mol. The van der Waals surface area contributed by atoms with Crippen LogP contribution in [-0.2, 0) is 6.54 Å². The third kappa shape index (κ3) is 3.53. The topological polar surface area (TPSA) is 117 Å². The van der Waals surface area contributed by atoms with Crippen LogP contribution in [-0.4, -0.2) is 27.2 Å². The summed E-state index contributed by atoms with van der Waals surface area (Å²) in [5.41, 5.74) is -0.757. The van der Waals surface area contributed by atoms with E-state index in [1.165, 1.54) is 12.1 Å². The van der Waals surface area contributed by atoms with Crippen LogP contribution in [0.1, 0.15) is 22.1 Å². The third-order valence-electron chi connectivity index (χ3n) is 2.45. The number of halogens is 1. The monoisotopic (exact) mass is 294 g/mol. The Labute approximate surface area is 118 Å². The highest BCUT2D eigenvalue weighted by Crippen LogP contribution is 2.18. The number of carboxylic acid groups (broad SMARTS) is 1. The van der Waals surface area contributed by atoms with Crippen molar-refractivity contribution < 1.29 is 23.6 Å². The van der Waals surface area contributed by atoms with Gasteiger partial charge in [-0.3, -0.25) is 0 Å². The van der Waals surface area contributed by atoms with Crippen LogP contribution in [0.3, 0.4) is 0 Å². The van der Waals surface area contributed by atoms with Gasteiger partial charge in [0.15, 0.2) is 5.82 Å². The minimum Gasteiger partial charge on any atom is -0.478 e. The van der Waals surface area contributed by atoms with Gasteiger partial charge in [-0.2, -0.15) is 4.98 Å².